The zero-order valence-electron chi connectivity index (χ0n) is 11.6. The smallest absolute Gasteiger partial charge is 0.406 e. The van der Waals surface area contributed by atoms with Crippen molar-refractivity contribution in [3.8, 4) is 5.75 Å². The molecular weight excluding hydrogens is 285 g/mol. The number of rotatable bonds is 4. The van der Waals surface area contributed by atoms with E-state index < -0.39 is 6.36 Å². The van der Waals surface area contributed by atoms with Crippen molar-refractivity contribution in [2.45, 2.75) is 12.8 Å². The largest absolute Gasteiger partial charge is 0.573 e. The van der Waals surface area contributed by atoms with Gasteiger partial charge >= 0.3 is 6.36 Å². The first-order valence-corrected chi connectivity index (χ1v) is 6.69. The van der Waals surface area contributed by atoms with Crippen LogP contribution in [0.3, 0.4) is 0 Å². The fraction of sp³-hybridized carbons (Fsp3) is 0.500. The van der Waals surface area contributed by atoms with E-state index in [1.807, 2.05) is 7.05 Å². The molecule has 4 nitrogen and oxygen atoms in total. The standard InChI is InChI=1S/C14H17F3N2O2/c1-18-8-10-5-6-19(9-10)13(20)11-3-2-4-12(7-11)21-14(15,16)17/h2-4,7,10,18H,5-6,8-9H2,1H3. The molecule has 1 atom stereocenters. The Morgan fingerprint density at radius 2 is 2.24 bits per heavy atom. The third kappa shape index (κ3) is 4.35. The van der Waals surface area contributed by atoms with Gasteiger partial charge in [-0.25, -0.2) is 0 Å². The monoisotopic (exact) mass is 302 g/mol. The number of halogens is 3. The normalized spacial score (nSPS) is 18.9. The first-order chi connectivity index (χ1) is 9.89. The topological polar surface area (TPSA) is 41.6 Å². The molecule has 0 spiro atoms. The van der Waals surface area contributed by atoms with Gasteiger partial charge in [-0.15, -0.1) is 13.2 Å². The second-order valence-corrected chi connectivity index (χ2v) is 5.04. The zero-order valence-corrected chi connectivity index (χ0v) is 11.6. The van der Waals surface area contributed by atoms with Crippen LogP contribution in [0.25, 0.3) is 0 Å². The molecule has 7 heteroatoms. The van der Waals surface area contributed by atoms with Crippen LogP contribution in [0.5, 0.6) is 5.75 Å². The van der Waals surface area contributed by atoms with Crippen LogP contribution in [0.1, 0.15) is 16.8 Å². The van der Waals surface area contributed by atoms with E-state index in [9.17, 15) is 18.0 Å². The third-order valence-electron chi connectivity index (χ3n) is 3.38. The van der Waals surface area contributed by atoms with Gasteiger partial charge in [0.05, 0.1) is 0 Å². The molecule has 1 aliphatic rings. The highest BCUT2D eigenvalue weighted by Gasteiger charge is 2.32. The van der Waals surface area contributed by atoms with E-state index in [-0.39, 0.29) is 17.2 Å². The molecule has 1 saturated heterocycles. The Hall–Kier alpha value is -1.76. The van der Waals surface area contributed by atoms with E-state index >= 15 is 0 Å². The predicted molar refractivity (Wildman–Crippen MR) is 71.1 cm³/mol. The van der Waals surface area contributed by atoms with Crippen LogP contribution in [-0.4, -0.2) is 43.9 Å². The maximum Gasteiger partial charge on any atom is 0.573 e. The van der Waals surface area contributed by atoms with Gasteiger partial charge < -0.3 is 15.0 Å². The van der Waals surface area contributed by atoms with E-state index in [1.54, 1.807) is 4.90 Å². The molecule has 1 aromatic rings. The molecule has 1 aromatic carbocycles. The summed E-state index contributed by atoms with van der Waals surface area (Å²) in [7, 11) is 1.85. The summed E-state index contributed by atoms with van der Waals surface area (Å²) in [6, 6.07) is 5.19. The number of ether oxygens (including phenoxy) is 1. The summed E-state index contributed by atoms with van der Waals surface area (Å²) in [5.41, 5.74) is 0.210. The van der Waals surface area contributed by atoms with Gasteiger partial charge in [0, 0.05) is 18.7 Å². The molecule has 0 saturated carbocycles. The molecule has 0 aromatic heterocycles. The Morgan fingerprint density at radius 1 is 1.48 bits per heavy atom. The Labute approximate surface area is 120 Å². The molecule has 1 fully saturated rings. The van der Waals surface area contributed by atoms with Crippen LogP contribution < -0.4 is 10.1 Å². The average Bonchev–Trinajstić information content (AvgIpc) is 2.85. The minimum atomic E-state index is -4.76. The second-order valence-electron chi connectivity index (χ2n) is 5.04. The molecular formula is C14H17F3N2O2. The maximum atomic E-state index is 12.3. The molecule has 2 rings (SSSR count). The zero-order chi connectivity index (χ0) is 15.5. The lowest BCUT2D eigenvalue weighted by Crippen LogP contribution is -2.30. The highest BCUT2D eigenvalue weighted by molar-refractivity contribution is 5.94. The number of amides is 1. The van der Waals surface area contributed by atoms with Crippen molar-refractivity contribution in [1.29, 1.82) is 0 Å². The van der Waals surface area contributed by atoms with E-state index in [4.69, 9.17) is 0 Å². The molecule has 0 aliphatic carbocycles. The molecule has 116 valence electrons. The van der Waals surface area contributed by atoms with Gasteiger partial charge in [0.1, 0.15) is 5.75 Å². The molecule has 0 bridgehead atoms. The van der Waals surface area contributed by atoms with Crippen molar-refractivity contribution in [1.82, 2.24) is 10.2 Å². The van der Waals surface area contributed by atoms with Gasteiger partial charge in [-0.1, -0.05) is 6.07 Å². The van der Waals surface area contributed by atoms with Crippen LogP contribution in [0.4, 0.5) is 13.2 Å². The van der Waals surface area contributed by atoms with Crippen LogP contribution in [-0.2, 0) is 0 Å². The highest BCUT2D eigenvalue weighted by atomic mass is 19.4. The number of hydrogen-bond acceptors (Lipinski definition) is 3. The fourth-order valence-corrected chi connectivity index (χ4v) is 2.48. The molecule has 0 radical (unpaired) electrons. The number of alkyl halides is 3. The van der Waals surface area contributed by atoms with Crippen molar-refractivity contribution < 1.29 is 22.7 Å². The quantitative estimate of drug-likeness (QED) is 0.927. The molecule has 1 N–H and O–H groups in total. The van der Waals surface area contributed by atoms with Crippen LogP contribution in [0, 0.1) is 5.92 Å². The predicted octanol–water partition coefficient (Wildman–Crippen LogP) is 2.27. The van der Waals surface area contributed by atoms with E-state index in [1.165, 1.54) is 18.2 Å². The number of likely N-dealkylation sites (tertiary alicyclic amines) is 1. The highest BCUT2D eigenvalue weighted by Crippen LogP contribution is 2.25. The van der Waals surface area contributed by atoms with Crippen molar-refractivity contribution in [3.63, 3.8) is 0 Å². The first-order valence-electron chi connectivity index (χ1n) is 6.69. The summed E-state index contributed by atoms with van der Waals surface area (Å²) < 4.78 is 40.4. The Kier molecular flexibility index (Phi) is 4.72. The van der Waals surface area contributed by atoms with Gasteiger partial charge in [-0.2, -0.15) is 0 Å². The molecule has 1 aliphatic heterocycles. The second kappa shape index (κ2) is 6.34. The van der Waals surface area contributed by atoms with E-state index in [0.717, 1.165) is 19.0 Å². The van der Waals surface area contributed by atoms with Gasteiger partial charge in [0.25, 0.3) is 5.91 Å². The number of benzene rings is 1. The van der Waals surface area contributed by atoms with Crippen LogP contribution in [0.2, 0.25) is 0 Å². The summed E-state index contributed by atoms with van der Waals surface area (Å²) in [5.74, 6) is -0.255. The Balaban J connectivity index is 2.05. The van der Waals surface area contributed by atoms with Crippen molar-refractivity contribution in [2.24, 2.45) is 5.92 Å². The average molecular weight is 302 g/mol. The van der Waals surface area contributed by atoms with E-state index in [0.29, 0.717) is 19.0 Å². The summed E-state index contributed by atoms with van der Waals surface area (Å²) in [6.45, 7) is 2.06. The number of carbonyl (C=O) groups excluding carboxylic acids is 1. The number of carbonyl (C=O) groups is 1. The number of nitrogens with zero attached hydrogens (tertiary/aromatic N) is 1. The molecule has 21 heavy (non-hydrogen) atoms. The van der Waals surface area contributed by atoms with Crippen molar-refractivity contribution in [2.75, 3.05) is 26.7 Å². The minimum absolute atomic E-state index is 0.210. The lowest BCUT2D eigenvalue weighted by Gasteiger charge is -2.17. The number of hydrogen-bond donors (Lipinski definition) is 1. The van der Waals surface area contributed by atoms with Crippen molar-refractivity contribution >= 4 is 5.91 Å². The first kappa shape index (κ1) is 15.6. The summed E-state index contributed by atoms with van der Waals surface area (Å²) >= 11 is 0. The third-order valence-corrected chi connectivity index (χ3v) is 3.38. The Bertz CT molecular complexity index is 505. The van der Waals surface area contributed by atoms with Gasteiger partial charge in [-0.3, -0.25) is 4.79 Å². The fourth-order valence-electron chi connectivity index (χ4n) is 2.48. The summed E-state index contributed by atoms with van der Waals surface area (Å²) in [5, 5.41) is 3.06. The lowest BCUT2D eigenvalue weighted by molar-refractivity contribution is -0.274. The summed E-state index contributed by atoms with van der Waals surface area (Å²) in [4.78, 5) is 13.9. The molecule has 1 unspecified atom stereocenters. The Morgan fingerprint density at radius 3 is 2.90 bits per heavy atom. The summed E-state index contributed by atoms with van der Waals surface area (Å²) in [6.07, 6.45) is -3.86. The van der Waals surface area contributed by atoms with Gasteiger partial charge in [0.15, 0.2) is 0 Å². The van der Waals surface area contributed by atoms with Gasteiger partial charge in [0.2, 0.25) is 0 Å². The van der Waals surface area contributed by atoms with Crippen LogP contribution in [0.15, 0.2) is 24.3 Å². The molecule has 1 amide bonds. The lowest BCUT2D eigenvalue weighted by atomic mass is 10.1. The van der Waals surface area contributed by atoms with Gasteiger partial charge in [-0.05, 0) is 44.1 Å². The van der Waals surface area contributed by atoms with E-state index in [2.05, 4.69) is 10.1 Å². The minimum Gasteiger partial charge on any atom is -0.406 e. The van der Waals surface area contributed by atoms with Crippen molar-refractivity contribution in [3.05, 3.63) is 29.8 Å². The number of nitrogens with one attached hydrogen (secondary N) is 1. The maximum absolute atomic E-state index is 12.3. The SMILES string of the molecule is CNCC1CCN(C(=O)c2cccc(OC(F)(F)F)c2)C1. The van der Waals surface area contributed by atoms with Crippen LogP contribution >= 0.6 is 0 Å². The molecule has 1 heterocycles.